The molecule has 1 fully saturated rings. The molecule has 0 atom stereocenters. The number of amidine groups is 1. The summed E-state index contributed by atoms with van der Waals surface area (Å²) < 4.78 is 5.26. The minimum Gasteiger partial charge on any atom is -0.388 e. The molecule has 0 aromatic carbocycles. The van der Waals surface area contributed by atoms with Crippen molar-refractivity contribution >= 4 is 11.7 Å². The Morgan fingerprint density at radius 3 is 2.74 bits per heavy atom. The van der Waals surface area contributed by atoms with Gasteiger partial charge in [-0.1, -0.05) is 0 Å². The van der Waals surface area contributed by atoms with E-state index in [9.17, 15) is 5.11 Å². The Hall–Kier alpha value is -1.66. The topological polar surface area (TPSA) is 95.5 Å². The van der Waals surface area contributed by atoms with E-state index in [1.165, 1.54) is 0 Å². The van der Waals surface area contributed by atoms with Gasteiger partial charge in [-0.3, -0.25) is 5.41 Å². The zero-order valence-electron chi connectivity index (χ0n) is 11.1. The maximum absolute atomic E-state index is 10.4. The fourth-order valence-electron chi connectivity index (χ4n) is 2.20. The zero-order chi connectivity index (χ0) is 13.9. The van der Waals surface area contributed by atoms with Crippen LogP contribution >= 0.6 is 0 Å². The van der Waals surface area contributed by atoms with E-state index in [1.807, 2.05) is 11.9 Å². The van der Waals surface area contributed by atoms with Crippen molar-refractivity contribution in [3.8, 4) is 0 Å². The first-order valence-corrected chi connectivity index (χ1v) is 6.32. The van der Waals surface area contributed by atoms with Crippen LogP contribution in [-0.4, -0.2) is 48.3 Å². The monoisotopic (exact) mass is 264 g/mol. The van der Waals surface area contributed by atoms with Crippen molar-refractivity contribution in [3.05, 3.63) is 23.9 Å². The van der Waals surface area contributed by atoms with Gasteiger partial charge in [0.2, 0.25) is 0 Å². The molecule has 2 heterocycles. The molecule has 1 aromatic heterocycles. The predicted molar refractivity (Wildman–Crippen MR) is 73.5 cm³/mol. The van der Waals surface area contributed by atoms with Crippen molar-refractivity contribution in [1.82, 2.24) is 4.98 Å². The number of nitrogens with one attached hydrogen (secondary N) is 1. The third kappa shape index (κ3) is 3.42. The number of ether oxygens (including phenoxy) is 1. The summed E-state index contributed by atoms with van der Waals surface area (Å²) in [6.07, 6.45) is 2.86. The summed E-state index contributed by atoms with van der Waals surface area (Å²) in [6, 6.07) is 3.56. The second-order valence-corrected chi connectivity index (χ2v) is 5.01. The molecular formula is C13H20N4O2. The highest BCUT2D eigenvalue weighted by atomic mass is 16.5. The summed E-state index contributed by atoms with van der Waals surface area (Å²) in [6.45, 7) is 1.71. The van der Waals surface area contributed by atoms with Gasteiger partial charge in [0, 0.05) is 51.4 Å². The lowest BCUT2D eigenvalue weighted by Gasteiger charge is -2.35. The number of hydrogen-bond acceptors (Lipinski definition) is 5. The highest BCUT2D eigenvalue weighted by Crippen LogP contribution is 2.23. The van der Waals surface area contributed by atoms with Crippen molar-refractivity contribution in [3.63, 3.8) is 0 Å². The Bertz CT molecular complexity index is 440. The fourth-order valence-corrected chi connectivity index (χ4v) is 2.20. The summed E-state index contributed by atoms with van der Waals surface area (Å²) in [5, 5.41) is 17.8. The highest BCUT2D eigenvalue weighted by molar-refractivity contribution is 5.94. The number of hydrogen-bond donors (Lipinski definition) is 3. The summed E-state index contributed by atoms with van der Waals surface area (Å²) >= 11 is 0. The Kier molecular flexibility index (Phi) is 4.01. The lowest BCUT2D eigenvalue weighted by Crippen LogP contribution is -2.46. The maximum atomic E-state index is 10.4. The molecule has 6 heteroatoms. The average molecular weight is 264 g/mol. The summed E-state index contributed by atoms with van der Waals surface area (Å²) in [7, 11) is 1.89. The van der Waals surface area contributed by atoms with E-state index < -0.39 is 5.60 Å². The molecule has 4 N–H and O–H groups in total. The summed E-state index contributed by atoms with van der Waals surface area (Å²) in [4.78, 5) is 6.17. The van der Waals surface area contributed by atoms with Gasteiger partial charge in [-0.15, -0.1) is 0 Å². The molecule has 0 spiro atoms. The van der Waals surface area contributed by atoms with Gasteiger partial charge in [-0.05, 0) is 12.1 Å². The van der Waals surface area contributed by atoms with Crippen molar-refractivity contribution < 1.29 is 9.84 Å². The number of rotatable bonds is 4. The lowest BCUT2D eigenvalue weighted by molar-refractivity contribution is -0.0573. The minimum absolute atomic E-state index is 0.00441. The van der Waals surface area contributed by atoms with Gasteiger partial charge in [-0.2, -0.15) is 0 Å². The third-order valence-electron chi connectivity index (χ3n) is 3.40. The van der Waals surface area contributed by atoms with Crippen LogP contribution in [-0.2, 0) is 4.74 Å². The first kappa shape index (κ1) is 13.8. The number of pyridine rings is 1. The van der Waals surface area contributed by atoms with E-state index in [4.69, 9.17) is 15.9 Å². The normalized spacial score (nSPS) is 18.0. The van der Waals surface area contributed by atoms with Crippen LogP contribution in [0.15, 0.2) is 18.3 Å². The van der Waals surface area contributed by atoms with Crippen LogP contribution in [0.5, 0.6) is 0 Å². The fraction of sp³-hybridized carbons (Fsp3) is 0.538. The van der Waals surface area contributed by atoms with Crippen LogP contribution < -0.4 is 10.6 Å². The predicted octanol–water partition coefficient (Wildman–Crippen LogP) is 0.343. The highest BCUT2D eigenvalue weighted by Gasteiger charge is 2.31. The van der Waals surface area contributed by atoms with E-state index in [-0.39, 0.29) is 5.84 Å². The van der Waals surface area contributed by atoms with Crippen LogP contribution in [0.3, 0.4) is 0 Å². The Morgan fingerprint density at radius 2 is 2.21 bits per heavy atom. The minimum atomic E-state index is -0.714. The number of nitrogen functional groups attached to an aromatic ring is 1. The van der Waals surface area contributed by atoms with E-state index in [0.717, 1.165) is 5.82 Å². The van der Waals surface area contributed by atoms with E-state index in [1.54, 1.807) is 18.3 Å². The summed E-state index contributed by atoms with van der Waals surface area (Å²) in [5.41, 5.74) is 5.27. The van der Waals surface area contributed by atoms with E-state index >= 15 is 0 Å². The van der Waals surface area contributed by atoms with Crippen LogP contribution in [0.25, 0.3) is 0 Å². The van der Waals surface area contributed by atoms with Crippen LogP contribution in [0, 0.1) is 5.41 Å². The van der Waals surface area contributed by atoms with Crippen molar-refractivity contribution in [2.75, 3.05) is 31.7 Å². The van der Waals surface area contributed by atoms with E-state index in [0.29, 0.717) is 38.2 Å². The molecule has 6 nitrogen and oxygen atoms in total. The maximum Gasteiger partial charge on any atom is 0.128 e. The molecule has 0 aliphatic carbocycles. The molecule has 0 unspecified atom stereocenters. The average Bonchev–Trinajstić information content (AvgIpc) is 2.39. The number of nitrogens with two attached hydrogens (primary N) is 1. The van der Waals surface area contributed by atoms with Crippen LogP contribution in [0.2, 0.25) is 0 Å². The van der Waals surface area contributed by atoms with Gasteiger partial charge in [0.25, 0.3) is 0 Å². The van der Waals surface area contributed by atoms with Crippen molar-refractivity contribution in [1.29, 1.82) is 5.41 Å². The number of aliphatic hydroxyl groups is 1. The molecule has 1 aliphatic rings. The van der Waals surface area contributed by atoms with Crippen molar-refractivity contribution in [2.45, 2.75) is 18.4 Å². The quantitative estimate of drug-likeness (QED) is 0.538. The second kappa shape index (κ2) is 5.54. The largest absolute Gasteiger partial charge is 0.388 e. The van der Waals surface area contributed by atoms with Crippen LogP contribution in [0.4, 0.5) is 5.82 Å². The molecule has 2 rings (SSSR count). The smallest absolute Gasteiger partial charge is 0.128 e. The van der Waals surface area contributed by atoms with Gasteiger partial charge in [0.05, 0.1) is 5.60 Å². The number of likely N-dealkylation sites (N-methyl/N-ethyl adjacent to an activating group) is 1. The Labute approximate surface area is 112 Å². The first-order chi connectivity index (χ1) is 9.00. The SMILES string of the molecule is CN(CC1(O)CCOCC1)c1ccc(C(=N)N)cn1. The zero-order valence-corrected chi connectivity index (χ0v) is 11.1. The molecule has 104 valence electrons. The number of aromatic nitrogens is 1. The Morgan fingerprint density at radius 1 is 1.53 bits per heavy atom. The molecular weight excluding hydrogens is 244 g/mol. The lowest BCUT2D eigenvalue weighted by atomic mass is 9.94. The van der Waals surface area contributed by atoms with Gasteiger partial charge in [0.1, 0.15) is 11.7 Å². The van der Waals surface area contributed by atoms with Crippen LogP contribution in [0.1, 0.15) is 18.4 Å². The molecule has 0 saturated carbocycles. The van der Waals surface area contributed by atoms with E-state index in [2.05, 4.69) is 4.98 Å². The second-order valence-electron chi connectivity index (χ2n) is 5.01. The number of nitrogens with zero attached hydrogens (tertiary/aromatic N) is 2. The molecule has 1 aliphatic heterocycles. The van der Waals surface area contributed by atoms with Gasteiger partial charge < -0.3 is 20.5 Å². The first-order valence-electron chi connectivity index (χ1n) is 6.32. The molecule has 1 saturated heterocycles. The van der Waals surface area contributed by atoms with Gasteiger partial charge in [0.15, 0.2) is 0 Å². The van der Waals surface area contributed by atoms with Gasteiger partial charge >= 0.3 is 0 Å². The molecule has 1 aromatic rings. The Balaban J connectivity index is 2.02. The van der Waals surface area contributed by atoms with Gasteiger partial charge in [-0.25, -0.2) is 4.98 Å². The summed E-state index contributed by atoms with van der Waals surface area (Å²) in [5.74, 6) is 0.759. The molecule has 19 heavy (non-hydrogen) atoms. The molecule has 0 bridgehead atoms. The van der Waals surface area contributed by atoms with Crippen molar-refractivity contribution in [2.24, 2.45) is 5.73 Å². The molecule has 0 amide bonds. The standard InChI is InChI=1S/C13H20N4O2/c1-17(9-13(18)4-6-19-7-5-13)11-3-2-10(8-16-11)12(14)15/h2-3,8,18H,4-7,9H2,1H3,(H3,14,15). The number of anilines is 1. The third-order valence-corrected chi connectivity index (χ3v) is 3.40. The molecule has 0 radical (unpaired) electrons.